The normalized spacial score (nSPS) is 19.5. The molecule has 25 heavy (non-hydrogen) atoms. The lowest BCUT2D eigenvalue weighted by Gasteiger charge is -2.19. The number of nitrogens with one attached hydrogen (secondary N) is 2. The molecule has 1 atom stereocenters. The van der Waals surface area contributed by atoms with Gasteiger partial charge in [0.25, 0.3) is 5.91 Å². The lowest BCUT2D eigenvalue weighted by molar-refractivity contribution is -0.119. The molecular weight excluding hydrogens is 316 g/mol. The van der Waals surface area contributed by atoms with E-state index in [0.29, 0.717) is 24.3 Å². The average molecular weight is 332 g/mol. The standard InChI is InChI=1S/C19H16N4O2/c24-18-16-2-1-7-23(16)19(25)14-9-13(10-21-17(14)22-18)11-3-4-15-12(8-11)5-6-20-15/h3-6,8-10,16,20H,1-2,7H2,(H,21,22,24)/t16-/m0/s1. The molecule has 0 aliphatic carbocycles. The topological polar surface area (TPSA) is 78.1 Å². The van der Waals surface area contributed by atoms with Crippen LogP contribution in [0.3, 0.4) is 0 Å². The summed E-state index contributed by atoms with van der Waals surface area (Å²) in [5.74, 6) is 0.0994. The molecule has 2 aliphatic rings. The minimum absolute atomic E-state index is 0.118. The van der Waals surface area contributed by atoms with Gasteiger partial charge in [-0.15, -0.1) is 0 Å². The van der Waals surface area contributed by atoms with Gasteiger partial charge in [-0.05, 0) is 48.1 Å². The Hall–Kier alpha value is -3.15. The fraction of sp³-hybridized carbons (Fsp3) is 0.211. The van der Waals surface area contributed by atoms with E-state index >= 15 is 0 Å². The first-order chi connectivity index (χ1) is 12.2. The average Bonchev–Trinajstić information content (AvgIpc) is 3.28. The molecule has 4 heterocycles. The van der Waals surface area contributed by atoms with E-state index in [0.717, 1.165) is 28.5 Å². The lowest BCUT2D eigenvalue weighted by Crippen LogP contribution is -2.40. The predicted octanol–water partition coefficient (Wildman–Crippen LogP) is 2.79. The van der Waals surface area contributed by atoms with Crippen molar-refractivity contribution in [2.75, 3.05) is 11.9 Å². The molecule has 0 spiro atoms. The van der Waals surface area contributed by atoms with E-state index in [9.17, 15) is 9.59 Å². The summed E-state index contributed by atoms with van der Waals surface area (Å²) in [5, 5.41) is 3.91. The number of anilines is 1. The van der Waals surface area contributed by atoms with Crippen LogP contribution in [0.15, 0.2) is 42.7 Å². The summed E-state index contributed by atoms with van der Waals surface area (Å²) in [6.45, 7) is 0.621. The summed E-state index contributed by atoms with van der Waals surface area (Å²) < 4.78 is 0. The van der Waals surface area contributed by atoms with Crippen molar-refractivity contribution in [3.05, 3.63) is 48.3 Å². The summed E-state index contributed by atoms with van der Waals surface area (Å²) in [6.07, 6.45) is 5.17. The highest BCUT2D eigenvalue weighted by Crippen LogP contribution is 2.31. The number of benzene rings is 1. The molecule has 0 unspecified atom stereocenters. The van der Waals surface area contributed by atoms with Gasteiger partial charge in [0.2, 0.25) is 5.91 Å². The summed E-state index contributed by atoms with van der Waals surface area (Å²) in [4.78, 5) is 34.4. The number of aromatic amines is 1. The van der Waals surface area contributed by atoms with Crippen LogP contribution >= 0.6 is 0 Å². The van der Waals surface area contributed by atoms with Gasteiger partial charge in [-0.25, -0.2) is 4.98 Å². The van der Waals surface area contributed by atoms with Crippen molar-refractivity contribution < 1.29 is 9.59 Å². The molecule has 0 radical (unpaired) electrons. The molecule has 6 heteroatoms. The highest BCUT2D eigenvalue weighted by Gasteiger charge is 2.38. The van der Waals surface area contributed by atoms with Gasteiger partial charge in [-0.2, -0.15) is 0 Å². The number of carbonyl (C=O) groups excluding carboxylic acids is 2. The largest absolute Gasteiger partial charge is 0.361 e. The second-order valence-electron chi connectivity index (χ2n) is 6.55. The van der Waals surface area contributed by atoms with Gasteiger partial charge in [0, 0.05) is 30.0 Å². The van der Waals surface area contributed by atoms with E-state index in [1.54, 1.807) is 11.1 Å². The maximum atomic E-state index is 12.9. The van der Waals surface area contributed by atoms with Gasteiger partial charge in [-0.1, -0.05) is 6.07 Å². The summed E-state index contributed by atoms with van der Waals surface area (Å²) in [5.41, 5.74) is 3.38. The molecule has 6 nitrogen and oxygen atoms in total. The Balaban J connectivity index is 1.62. The van der Waals surface area contributed by atoms with Crippen LogP contribution in [0.2, 0.25) is 0 Å². The molecule has 0 saturated carbocycles. The molecular formula is C19H16N4O2. The second-order valence-corrected chi connectivity index (χ2v) is 6.55. The van der Waals surface area contributed by atoms with Gasteiger partial charge >= 0.3 is 0 Å². The fourth-order valence-electron chi connectivity index (χ4n) is 3.76. The maximum absolute atomic E-state index is 12.9. The van der Waals surface area contributed by atoms with Crippen molar-refractivity contribution in [1.82, 2.24) is 14.9 Å². The molecule has 124 valence electrons. The first-order valence-electron chi connectivity index (χ1n) is 8.40. The second kappa shape index (κ2) is 5.17. The number of aromatic nitrogens is 2. The minimum atomic E-state index is -0.374. The number of carbonyl (C=O) groups is 2. The van der Waals surface area contributed by atoms with E-state index in [1.165, 1.54) is 0 Å². The molecule has 2 aromatic heterocycles. The van der Waals surface area contributed by atoms with Crippen molar-refractivity contribution in [2.45, 2.75) is 18.9 Å². The van der Waals surface area contributed by atoms with Crippen LogP contribution in [-0.2, 0) is 4.79 Å². The number of nitrogens with zero attached hydrogens (tertiary/aromatic N) is 2. The number of hydrogen-bond donors (Lipinski definition) is 2. The first kappa shape index (κ1) is 14.2. The van der Waals surface area contributed by atoms with Gasteiger partial charge in [0.1, 0.15) is 11.9 Å². The summed E-state index contributed by atoms with van der Waals surface area (Å²) in [6, 6.07) is 9.54. The molecule has 3 aromatic rings. The summed E-state index contributed by atoms with van der Waals surface area (Å²) >= 11 is 0. The Morgan fingerprint density at radius 1 is 1.12 bits per heavy atom. The van der Waals surface area contributed by atoms with Crippen LogP contribution in [-0.4, -0.2) is 39.3 Å². The maximum Gasteiger partial charge on any atom is 0.258 e. The third-order valence-electron chi connectivity index (χ3n) is 5.06. The first-order valence-corrected chi connectivity index (χ1v) is 8.40. The number of rotatable bonds is 1. The highest BCUT2D eigenvalue weighted by molar-refractivity contribution is 6.09. The van der Waals surface area contributed by atoms with Crippen molar-refractivity contribution in [1.29, 1.82) is 0 Å². The van der Waals surface area contributed by atoms with Crippen LogP contribution in [0.1, 0.15) is 23.2 Å². The van der Waals surface area contributed by atoms with Gasteiger partial charge in [0.15, 0.2) is 0 Å². The highest BCUT2D eigenvalue weighted by atomic mass is 16.2. The Morgan fingerprint density at radius 2 is 2.04 bits per heavy atom. The molecule has 1 saturated heterocycles. The van der Waals surface area contributed by atoms with E-state index in [2.05, 4.69) is 21.4 Å². The molecule has 1 aromatic carbocycles. The van der Waals surface area contributed by atoms with Crippen LogP contribution in [0.5, 0.6) is 0 Å². The minimum Gasteiger partial charge on any atom is -0.361 e. The zero-order valence-corrected chi connectivity index (χ0v) is 13.5. The third-order valence-corrected chi connectivity index (χ3v) is 5.06. The van der Waals surface area contributed by atoms with Crippen LogP contribution in [0, 0.1) is 0 Å². The number of pyridine rings is 1. The van der Waals surface area contributed by atoms with Crippen molar-refractivity contribution in [2.24, 2.45) is 0 Å². The van der Waals surface area contributed by atoms with E-state index in [4.69, 9.17) is 0 Å². The van der Waals surface area contributed by atoms with E-state index in [1.807, 2.05) is 30.5 Å². The molecule has 0 bridgehead atoms. The monoisotopic (exact) mass is 332 g/mol. The smallest absolute Gasteiger partial charge is 0.258 e. The summed E-state index contributed by atoms with van der Waals surface area (Å²) in [7, 11) is 0. The molecule has 2 amide bonds. The van der Waals surface area contributed by atoms with Gasteiger partial charge in [0.05, 0.1) is 5.56 Å². The number of fused-ring (bicyclic) bond motifs is 3. The fourth-order valence-corrected chi connectivity index (χ4v) is 3.76. The Bertz CT molecular complexity index is 1020. The SMILES string of the molecule is O=C1Nc2ncc(-c3ccc4[nH]ccc4c3)cc2C(=O)N2CCC[C@@H]12. The predicted molar refractivity (Wildman–Crippen MR) is 94.2 cm³/mol. The zero-order valence-electron chi connectivity index (χ0n) is 13.5. The van der Waals surface area contributed by atoms with Crippen LogP contribution in [0.25, 0.3) is 22.0 Å². The number of hydrogen-bond acceptors (Lipinski definition) is 3. The van der Waals surface area contributed by atoms with Crippen molar-refractivity contribution >= 4 is 28.5 Å². The van der Waals surface area contributed by atoms with Crippen LogP contribution in [0.4, 0.5) is 5.82 Å². The Morgan fingerprint density at radius 3 is 2.96 bits per heavy atom. The lowest BCUT2D eigenvalue weighted by atomic mass is 10.0. The van der Waals surface area contributed by atoms with Crippen LogP contribution < -0.4 is 5.32 Å². The third kappa shape index (κ3) is 2.14. The van der Waals surface area contributed by atoms with E-state index < -0.39 is 0 Å². The van der Waals surface area contributed by atoms with Gasteiger partial charge < -0.3 is 15.2 Å². The Kier molecular flexibility index (Phi) is 2.94. The molecule has 1 fully saturated rings. The zero-order chi connectivity index (χ0) is 17.0. The number of amides is 2. The van der Waals surface area contributed by atoms with E-state index in [-0.39, 0.29) is 17.9 Å². The van der Waals surface area contributed by atoms with Crippen molar-refractivity contribution in [3.8, 4) is 11.1 Å². The quantitative estimate of drug-likeness (QED) is 0.719. The van der Waals surface area contributed by atoms with Crippen molar-refractivity contribution in [3.63, 3.8) is 0 Å². The molecule has 2 N–H and O–H groups in total. The molecule has 5 rings (SSSR count). The molecule has 2 aliphatic heterocycles. The Labute approximate surface area is 143 Å². The number of H-pyrrole nitrogens is 1. The van der Waals surface area contributed by atoms with Gasteiger partial charge in [-0.3, -0.25) is 9.59 Å².